The fourth-order valence-electron chi connectivity index (χ4n) is 4.02. The SMILES string of the molecule is Cc1ncc(C(=O)N2CCOCC2)c([C@@H]2CCCN2C(=O)Cn2ccccc2=O)n1. The van der Waals surface area contributed by atoms with Gasteiger partial charge in [0.15, 0.2) is 0 Å². The molecule has 4 heterocycles. The molecule has 0 radical (unpaired) electrons. The van der Waals surface area contributed by atoms with Crippen LogP contribution < -0.4 is 5.56 Å². The lowest BCUT2D eigenvalue weighted by atomic mass is 10.0. The Balaban J connectivity index is 1.61. The van der Waals surface area contributed by atoms with Gasteiger partial charge in [-0.3, -0.25) is 14.4 Å². The minimum atomic E-state index is -0.307. The van der Waals surface area contributed by atoms with Gasteiger partial charge >= 0.3 is 0 Å². The highest BCUT2D eigenvalue weighted by molar-refractivity contribution is 5.95. The lowest BCUT2D eigenvalue weighted by Gasteiger charge is -2.29. The zero-order valence-electron chi connectivity index (χ0n) is 17.0. The minimum Gasteiger partial charge on any atom is -0.378 e. The molecule has 0 N–H and O–H groups in total. The topological polar surface area (TPSA) is 97.6 Å². The normalized spacial score (nSPS) is 19.2. The Labute approximate surface area is 174 Å². The Morgan fingerprint density at radius 2 is 2.00 bits per heavy atom. The van der Waals surface area contributed by atoms with Crippen LogP contribution in [0.2, 0.25) is 0 Å². The van der Waals surface area contributed by atoms with Crippen molar-refractivity contribution in [3.8, 4) is 0 Å². The molecule has 30 heavy (non-hydrogen) atoms. The van der Waals surface area contributed by atoms with Gasteiger partial charge in [-0.25, -0.2) is 9.97 Å². The first kappa shape index (κ1) is 20.2. The number of aromatic nitrogens is 3. The van der Waals surface area contributed by atoms with Crippen LogP contribution in [0.15, 0.2) is 35.4 Å². The highest BCUT2D eigenvalue weighted by Crippen LogP contribution is 2.33. The molecule has 2 aromatic rings. The number of carbonyl (C=O) groups excluding carboxylic acids is 2. The summed E-state index contributed by atoms with van der Waals surface area (Å²) in [6.45, 7) is 4.37. The summed E-state index contributed by atoms with van der Waals surface area (Å²) in [5, 5.41) is 0. The third-order valence-corrected chi connectivity index (χ3v) is 5.56. The molecular formula is C21H25N5O4. The molecule has 0 aromatic carbocycles. The van der Waals surface area contributed by atoms with Gasteiger partial charge in [0.25, 0.3) is 11.5 Å². The van der Waals surface area contributed by atoms with E-state index in [0.29, 0.717) is 49.9 Å². The molecule has 2 amide bonds. The summed E-state index contributed by atoms with van der Waals surface area (Å²) < 4.78 is 6.74. The van der Waals surface area contributed by atoms with Crippen molar-refractivity contribution >= 4 is 11.8 Å². The first-order valence-electron chi connectivity index (χ1n) is 10.2. The molecule has 2 aliphatic rings. The average Bonchev–Trinajstić information content (AvgIpc) is 3.25. The van der Waals surface area contributed by atoms with E-state index in [4.69, 9.17) is 4.74 Å². The number of pyridine rings is 1. The molecule has 0 unspecified atom stereocenters. The van der Waals surface area contributed by atoms with E-state index >= 15 is 0 Å². The number of hydrogen-bond acceptors (Lipinski definition) is 6. The number of ether oxygens (including phenoxy) is 1. The summed E-state index contributed by atoms with van der Waals surface area (Å²) in [5.41, 5.74) is 0.803. The molecule has 158 valence electrons. The van der Waals surface area contributed by atoms with Gasteiger partial charge < -0.3 is 19.1 Å². The Hall–Kier alpha value is -3.07. The van der Waals surface area contributed by atoms with Crippen LogP contribution in [0.25, 0.3) is 0 Å². The van der Waals surface area contributed by atoms with Crippen LogP contribution in [-0.4, -0.2) is 69.0 Å². The number of hydrogen-bond donors (Lipinski definition) is 0. The first-order valence-corrected chi connectivity index (χ1v) is 10.2. The quantitative estimate of drug-likeness (QED) is 0.738. The van der Waals surface area contributed by atoms with Gasteiger partial charge in [-0.05, 0) is 25.8 Å². The van der Waals surface area contributed by atoms with E-state index in [-0.39, 0.29) is 30.0 Å². The van der Waals surface area contributed by atoms with Crippen molar-refractivity contribution in [2.75, 3.05) is 32.8 Å². The van der Waals surface area contributed by atoms with E-state index in [1.54, 1.807) is 41.2 Å². The number of aryl methyl sites for hydroxylation is 1. The summed E-state index contributed by atoms with van der Waals surface area (Å²) in [6.07, 6.45) is 4.70. The van der Waals surface area contributed by atoms with Crippen LogP contribution in [0.5, 0.6) is 0 Å². The van der Waals surface area contributed by atoms with E-state index < -0.39 is 0 Å². The number of carbonyl (C=O) groups is 2. The van der Waals surface area contributed by atoms with Gasteiger partial charge in [0.05, 0.1) is 30.5 Å². The summed E-state index contributed by atoms with van der Waals surface area (Å²) in [5.74, 6) is 0.265. The van der Waals surface area contributed by atoms with Gasteiger partial charge in [0, 0.05) is 38.1 Å². The standard InChI is InChI=1S/C21H25N5O4/c1-15-22-13-16(21(29)24-9-11-30-12-10-24)20(23-15)17-5-4-8-26(17)19(28)14-25-7-3-2-6-18(25)27/h2-3,6-7,13,17H,4-5,8-12,14H2,1H3/t17-/m0/s1. The largest absolute Gasteiger partial charge is 0.378 e. The number of nitrogens with zero attached hydrogens (tertiary/aromatic N) is 5. The van der Waals surface area contributed by atoms with Gasteiger partial charge in [0.1, 0.15) is 12.4 Å². The third kappa shape index (κ3) is 4.11. The van der Waals surface area contributed by atoms with Crippen molar-refractivity contribution in [1.82, 2.24) is 24.3 Å². The van der Waals surface area contributed by atoms with E-state index in [0.717, 1.165) is 12.8 Å². The minimum absolute atomic E-state index is 0.0347. The number of likely N-dealkylation sites (tertiary alicyclic amines) is 1. The van der Waals surface area contributed by atoms with Crippen molar-refractivity contribution in [1.29, 1.82) is 0 Å². The molecule has 0 spiro atoms. The highest BCUT2D eigenvalue weighted by atomic mass is 16.5. The fraction of sp³-hybridized carbons (Fsp3) is 0.476. The van der Waals surface area contributed by atoms with Gasteiger partial charge in [0.2, 0.25) is 5.91 Å². The molecule has 1 atom stereocenters. The van der Waals surface area contributed by atoms with Crippen molar-refractivity contribution < 1.29 is 14.3 Å². The summed E-state index contributed by atoms with van der Waals surface area (Å²) >= 11 is 0. The van der Waals surface area contributed by atoms with Crippen LogP contribution >= 0.6 is 0 Å². The van der Waals surface area contributed by atoms with Crippen LogP contribution in [0.1, 0.15) is 40.8 Å². The molecule has 0 bridgehead atoms. The highest BCUT2D eigenvalue weighted by Gasteiger charge is 2.35. The molecule has 2 aromatic heterocycles. The third-order valence-electron chi connectivity index (χ3n) is 5.56. The molecule has 9 nitrogen and oxygen atoms in total. The van der Waals surface area contributed by atoms with Crippen LogP contribution in [-0.2, 0) is 16.1 Å². The summed E-state index contributed by atoms with van der Waals surface area (Å²) in [6, 6.07) is 4.50. The van der Waals surface area contributed by atoms with Gasteiger partial charge in [-0.1, -0.05) is 6.07 Å². The second-order valence-electron chi connectivity index (χ2n) is 7.53. The van der Waals surface area contributed by atoms with Crippen molar-refractivity contribution in [2.45, 2.75) is 32.4 Å². The van der Waals surface area contributed by atoms with Crippen LogP contribution in [0, 0.1) is 6.92 Å². The lowest BCUT2D eigenvalue weighted by molar-refractivity contribution is -0.132. The van der Waals surface area contributed by atoms with E-state index in [1.165, 1.54) is 10.6 Å². The van der Waals surface area contributed by atoms with E-state index in [9.17, 15) is 14.4 Å². The molecule has 4 rings (SSSR count). The zero-order chi connectivity index (χ0) is 21.1. The Morgan fingerprint density at radius 1 is 1.20 bits per heavy atom. The number of amides is 2. The number of morpholine rings is 1. The Bertz CT molecular complexity index is 999. The summed E-state index contributed by atoms with van der Waals surface area (Å²) in [4.78, 5) is 50.5. The van der Waals surface area contributed by atoms with Crippen LogP contribution in [0.4, 0.5) is 0 Å². The predicted octanol–water partition coefficient (Wildman–Crippen LogP) is 0.783. The van der Waals surface area contributed by atoms with E-state index in [1.807, 2.05) is 0 Å². The van der Waals surface area contributed by atoms with Gasteiger partial charge in [-0.15, -0.1) is 0 Å². The second-order valence-corrected chi connectivity index (χ2v) is 7.53. The first-order chi connectivity index (χ1) is 14.5. The van der Waals surface area contributed by atoms with Crippen molar-refractivity contribution in [2.24, 2.45) is 0 Å². The molecule has 0 aliphatic carbocycles. The molecule has 9 heteroatoms. The zero-order valence-corrected chi connectivity index (χ0v) is 17.0. The van der Waals surface area contributed by atoms with Crippen LogP contribution in [0.3, 0.4) is 0 Å². The average molecular weight is 411 g/mol. The maximum atomic E-state index is 13.1. The summed E-state index contributed by atoms with van der Waals surface area (Å²) in [7, 11) is 0. The molecular weight excluding hydrogens is 386 g/mol. The second kappa shape index (κ2) is 8.74. The lowest BCUT2D eigenvalue weighted by Crippen LogP contribution is -2.42. The fourth-order valence-corrected chi connectivity index (χ4v) is 4.02. The van der Waals surface area contributed by atoms with Crippen molar-refractivity contribution in [3.63, 3.8) is 0 Å². The maximum absolute atomic E-state index is 13.1. The molecule has 2 aliphatic heterocycles. The van der Waals surface area contributed by atoms with Gasteiger partial charge in [-0.2, -0.15) is 0 Å². The van der Waals surface area contributed by atoms with Crippen molar-refractivity contribution in [3.05, 3.63) is 58.0 Å². The predicted molar refractivity (Wildman–Crippen MR) is 108 cm³/mol. The maximum Gasteiger partial charge on any atom is 0.257 e. The number of rotatable bonds is 4. The smallest absolute Gasteiger partial charge is 0.257 e. The molecule has 0 saturated carbocycles. The molecule has 2 saturated heterocycles. The van der Waals surface area contributed by atoms with E-state index in [2.05, 4.69) is 9.97 Å². The molecule has 2 fully saturated rings. The Morgan fingerprint density at radius 3 is 2.77 bits per heavy atom. The Kier molecular flexibility index (Phi) is 5.89. The monoisotopic (exact) mass is 411 g/mol.